The number of nitrogens with zero attached hydrogens (tertiary/aromatic N) is 2. The van der Waals surface area contributed by atoms with E-state index in [0.717, 1.165) is 5.56 Å². The number of rotatable bonds is 4. The van der Waals surface area contributed by atoms with Crippen molar-refractivity contribution < 1.29 is 23.8 Å². The number of carbonyl (C=O) groups excluding carboxylic acids is 1. The Labute approximate surface area is 157 Å². The fraction of sp³-hybridized carbons (Fsp3) is 0.211. The van der Waals surface area contributed by atoms with Gasteiger partial charge in [-0.1, -0.05) is 18.2 Å². The monoisotopic (exact) mass is 386 g/mol. The van der Waals surface area contributed by atoms with Gasteiger partial charge in [0.05, 0.1) is 23.4 Å². The number of aliphatic carboxylic acids is 1. The summed E-state index contributed by atoms with van der Waals surface area (Å²) in [5.74, 6) is -1.53. The molecule has 0 aliphatic carbocycles. The van der Waals surface area contributed by atoms with Crippen LogP contribution in [0.4, 0.5) is 10.1 Å². The Bertz CT molecular complexity index is 1070. The van der Waals surface area contributed by atoms with Crippen LogP contribution in [0.2, 0.25) is 0 Å². The van der Waals surface area contributed by atoms with Crippen LogP contribution < -0.4 is 9.64 Å². The third-order valence-electron chi connectivity index (χ3n) is 4.35. The van der Waals surface area contributed by atoms with Crippen molar-refractivity contribution in [2.75, 3.05) is 4.90 Å². The summed E-state index contributed by atoms with van der Waals surface area (Å²) in [6, 6.07) is 10.1. The van der Waals surface area contributed by atoms with E-state index in [1.807, 2.05) is 13.0 Å². The van der Waals surface area contributed by atoms with Gasteiger partial charge in [-0.15, -0.1) is 11.3 Å². The van der Waals surface area contributed by atoms with Crippen LogP contribution in [0, 0.1) is 12.7 Å². The Morgan fingerprint density at radius 3 is 2.85 bits per heavy atom. The third-order valence-corrected chi connectivity index (χ3v) is 5.35. The predicted octanol–water partition coefficient (Wildman–Crippen LogP) is 3.51. The standard InChI is InChI=1S/C19H15FN2O4S/c1-10-4-2-6-12-18(10)22(19(25)13(26-12)8-16(23)24)9-15-21-17-11(20)5-3-7-14(17)27-15/h2-7,13H,8-9H2,1H3,(H,23,24). The molecule has 1 atom stereocenters. The number of hydrogen-bond acceptors (Lipinski definition) is 5. The minimum absolute atomic E-state index is 0.120. The Hall–Kier alpha value is -3.00. The molecule has 2 heterocycles. The second-order valence-electron chi connectivity index (χ2n) is 6.24. The lowest BCUT2D eigenvalue weighted by molar-refractivity contribution is -0.142. The Balaban J connectivity index is 1.75. The van der Waals surface area contributed by atoms with Crippen molar-refractivity contribution in [1.29, 1.82) is 0 Å². The number of hydrogen-bond donors (Lipinski definition) is 1. The molecule has 2 aromatic carbocycles. The van der Waals surface area contributed by atoms with E-state index >= 15 is 0 Å². The second-order valence-corrected chi connectivity index (χ2v) is 7.36. The zero-order valence-corrected chi connectivity index (χ0v) is 15.1. The van der Waals surface area contributed by atoms with Crippen LogP contribution in [0.5, 0.6) is 5.75 Å². The van der Waals surface area contributed by atoms with Gasteiger partial charge in [-0.25, -0.2) is 9.37 Å². The molecular weight excluding hydrogens is 371 g/mol. The first-order valence-electron chi connectivity index (χ1n) is 8.27. The maximum absolute atomic E-state index is 13.9. The van der Waals surface area contributed by atoms with Gasteiger partial charge in [-0.05, 0) is 30.7 Å². The average Bonchev–Trinajstić information content (AvgIpc) is 3.02. The number of aromatic nitrogens is 1. The van der Waals surface area contributed by atoms with E-state index in [-0.39, 0.29) is 12.1 Å². The molecule has 0 saturated carbocycles. The summed E-state index contributed by atoms with van der Waals surface area (Å²) in [5, 5.41) is 9.65. The molecule has 1 unspecified atom stereocenters. The van der Waals surface area contributed by atoms with Gasteiger partial charge >= 0.3 is 5.97 Å². The summed E-state index contributed by atoms with van der Waals surface area (Å²) in [5.41, 5.74) is 1.68. The fourth-order valence-electron chi connectivity index (χ4n) is 3.17. The summed E-state index contributed by atoms with van der Waals surface area (Å²) in [4.78, 5) is 29.8. The molecule has 0 fully saturated rings. The molecule has 1 amide bonds. The van der Waals surface area contributed by atoms with Crippen LogP contribution in [0.3, 0.4) is 0 Å². The van der Waals surface area contributed by atoms with Gasteiger partial charge < -0.3 is 9.84 Å². The van der Waals surface area contributed by atoms with Gasteiger partial charge in [-0.2, -0.15) is 0 Å². The number of anilines is 1. The number of carboxylic acids is 1. The number of ether oxygens (including phenoxy) is 1. The quantitative estimate of drug-likeness (QED) is 0.742. The first kappa shape index (κ1) is 17.4. The molecule has 3 aromatic rings. The highest BCUT2D eigenvalue weighted by Crippen LogP contribution is 2.39. The van der Waals surface area contributed by atoms with Crippen molar-refractivity contribution in [3.63, 3.8) is 0 Å². The topological polar surface area (TPSA) is 79.7 Å². The fourth-order valence-corrected chi connectivity index (χ4v) is 4.14. The molecule has 0 radical (unpaired) electrons. The second kappa shape index (κ2) is 6.62. The number of carbonyl (C=O) groups is 2. The lowest BCUT2D eigenvalue weighted by Crippen LogP contribution is -2.46. The molecule has 4 rings (SSSR count). The summed E-state index contributed by atoms with van der Waals surface area (Å²) in [6.45, 7) is 1.97. The third kappa shape index (κ3) is 3.12. The van der Waals surface area contributed by atoms with E-state index in [1.54, 1.807) is 24.3 Å². The van der Waals surface area contributed by atoms with E-state index in [0.29, 0.717) is 21.1 Å². The van der Waals surface area contributed by atoms with Gasteiger partial charge in [0.1, 0.15) is 22.1 Å². The molecule has 1 aliphatic heterocycles. The number of halogens is 1. The molecule has 0 spiro atoms. The van der Waals surface area contributed by atoms with Crippen LogP contribution in [0.1, 0.15) is 17.0 Å². The smallest absolute Gasteiger partial charge is 0.307 e. The number of benzene rings is 2. The summed E-state index contributed by atoms with van der Waals surface area (Å²) < 4.78 is 20.3. The highest BCUT2D eigenvalue weighted by atomic mass is 32.1. The zero-order chi connectivity index (χ0) is 19.1. The summed E-state index contributed by atoms with van der Waals surface area (Å²) in [6.07, 6.45) is -1.54. The van der Waals surface area contributed by atoms with Gasteiger partial charge in [0.15, 0.2) is 6.10 Å². The Morgan fingerprint density at radius 1 is 1.33 bits per heavy atom. The molecule has 0 saturated heterocycles. The van der Waals surface area contributed by atoms with Crippen molar-refractivity contribution >= 4 is 39.1 Å². The number of aryl methyl sites for hydroxylation is 1. The van der Waals surface area contributed by atoms with Crippen LogP contribution >= 0.6 is 11.3 Å². The minimum Gasteiger partial charge on any atom is -0.481 e. The molecule has 27 heavy (non-hydrogen) atoms. The number of amides is 1. The number of thiazole rings is 1. The Kier molecular flexibility index (Phi) is 4.27. The maximum atomic E-state index is 13.9. The van der Waals surface area contributed by atoms with Gasteiger partial charge in [0.25, 0.3) is 5.91 Å². The normalized spacial score (nSPS) is 16.3. The summed E-state index contributed by atoms with van der Waals surface area (Å²) in [7, 11) is 0. The molecule has 6 nitrogen and oxygen atoms in total. The molecule has 138 valence electrons. The first-order valence-corrected chi connectivity index (χ1v) is 9.09. The lowest BCUT2D eigenvalue weighted by Gasteiger charge is -2.34. The first-order chi connectivity index (χ1) is 12.9. The zero-order valence-electron chi connectivity index (χ0n) is 14.3. The average molecular weight is 386 g/mol. The minimum atomic E-state index is -1.12. The van der Waals surface area contributed by atoms with Crippen molar-refractivity contribution in [2.45, 2.75) is 26.0 Å². The van der Waals surface area contributed by atoms with Crippen molar-refractivity contribution in [3.8, 4) is 5.75 Å². The molecule has 1 aliphatic rings. The van der Waals surface area contributed by atoms with Gasteiger partial charge in [-0.3, -0.25) is 14.5 Å². The maximum Gasteiger partial charge on any atom is 0.307 e. The Morgan fingerprint density at radius 2 is 2.11 bits per heavy atom. The van der Waals surface area contributed by atoms with E-state index in [4.69, 9.17) is 9.84 Å². The summed E-state index contributed by atoms with van der Waals surface area (Å²) >= 11 is 1.30. The predicted molar refractivity (Wildman–Crippen MR) is 98.6 cm³/mol. The molecule has 8 heteroatoms. The molecule has 0 bridgehead atoms. The van der Waals surface area contributed by atoms with Gasteiger partial charge in [0, 0.05) is 0 Å². The van der Waals surface area contributed by atoms with Crippen LogP contribution in [-0.2, 0) is 16.1 Å². The molecule has 1 aromatic heterocycles. The largest absolute Gasteiger partial charge is 0.481 e. The van der Waals surface area contributed by atoms with Gasteiger partial charge in [0.2, 0.25) is 0 Å². The highest BCUT2D eigenvalue weighted by Gasteiger charge is 2.37. The van der Waals surface area contributed by atoms with Crippen LogP contribution in [-0.4, -0.2) is 28.1 Å². The number of fused-ring (bicyclic) bond motifs is 2. The highest BCUT2D eigenvalue weighted by molar-refractivity contribution is 7.18. The lowest BCUT2D eigenvalue weighted by atomic mass is 10.1. The number of carboxylic acid groups (broad SMARTS) is 1. The van der Waals surface area contributed by atoms with Crippen molar-refractivity contribution in [1.82, 2.24) is 4.98 Å². The van der Waals surface area contributed by atoms with E-state index in [2.05, 4.69) is 4.98 Å². The van der Waals surface area contributed by atoms with Crippen molar-refractivity contribution in [3.05, 3.63) is 52.8 Å². The SMILES string of the molecule is Cc1cccc2c1N(Cc1nc3c(F)cccc3s1)C(=O)C(CC(=O)O)O2. The van der Waals surface area contributed by atoms with Crippen LogP contribution in [0.25, 0.3) is 10.2 Å². The van der Waals surface area contributed by atoms with Crippen molar-refractivity contribution in [2.24, 2.45) is 0 Å². The van der Waals surface area contributed by atoms with E-state index in [1.165, 1.54) is 22.3 Å². The van der Waals surface area contributed by atoms with E-state index < -0.39 is 30.2 Å². The molecular formula is C19H15FN2O4S. The van der Waals surface area contributed by atoms with Crippen LogP contribution in [0.15, 0.2) is 36.4 Å². The van der Waals surface area contributed by atoms with E-state index in [9.17, 15) is 14.0 Å². The molecule has 1 N–H and O–H groups in total. The number of para-hydroxylation sites is 2.